The van der Waals surface area contributed by atoms with Gasteiger partial charge in [0.1, 0.15) is 6.54 Å². The maximum Gasteiger partial charge on any atom is 0.242 e. The Hall–Kier alpha value is -2.89. The SMILES string of the molecule is O=C(Cn1ccnc1)N1CCC2(CC1)CC(=O)N(C/C=C/c1ccccc1)C2. The Balaban J connectivity index is 1.29. The van der Waals surface area contributed by atoms with Crippen LogP contribution in [-0.2, 0) is 16.1 Å². The van der Waals surface area contributed by atoms with Crippen LogP contribution in [0.2, 0.25) is 0 Å². The maximum atomic E-state index is 12.5. The van der Waals surface area contributed by atoms with Gasteiger partial charge in [0.25, 0.3) is 0 Å². The highest BCUT2D eigenvalue weighted by molar-refractivity contribution is 5.80. The zero-order valence-electron chi connectivity index (χ0n) is 16.0. The summed E-state index contributed by atoms with van der Waals surface area (Å²) in [5, 5.41) is 0. The third-order valence-corrected chi connectivity index (χ3v) is 5.89. The van der Waals surface area contributed by atoms with Gasteiger partial charge in [-0.1, -0.05) is 42.5 Å². The van der Waals surface area contributed by atoms with Gasteiger partial charge in [-0.2, -0.15) is 0 Å². The second kappa shape index (κ2) is 8.00. The molecule has 2 fully saturated rings. The Morgan fingerprint density at radius 3 is 2.68 bits per heavy atom. The highest BCUT2D eigenvalue weighted by atomic mass is 16.2. The first-order valence-electron chi connectivity index (χ1n) is 9.86. The van der Waals surface area contributed by atoms with Crippen LogP contribution in [0.4, 0.5) is 0 Å². The molecule has 28 heavy (non-hydrogen) atoms. The summed E-state index contributed by atoms with van der Waals surface area (Å²) in [6, 6.07) is 10.1. The molecule has 0 unspecified atom stereocenters. The molecule has 4 rings (SSSR count). The van der Waals surface area contributed by atoms with E-state index in [9.17, 15) is 9.59 Å². The molecule has 1 aromatic carbocycles. The lowest BCUT2D eigenvalue weighted by Crippen LogP contribution is -2.45. The molecular weight excluding hydrogens is 352 g/mol. The maximum absolute atomic E-state index is 12.5. The number of amides is 2. The van der Waals surface area contributed by atoms with Gasteiger partial charge in [-0.25, -0.2) is 4.98 Å². The summed E-state index contributed by atoms with van der Waals surface area (Å²) in [6.45, 7) is 3.25. The molecule has 2 saturated heterocycles. The lowest BCUT2D eigenvalue weighted by molar-refractivity contribution is -0.134. The van der Waals surface area contributed by atoms with Gasteiger partial charge in [0, 0.05) is 50.4 Å². The number of nitrogens with zero attached hydrogens (tertiary/aromatic N) is 4. The van der Waals surface area contributed by atoms with E-state index in [1.165, 1.54) is 0 Å². The molecule has 2 aliphatic rings. The van der Waals surface area contributed by atoms with E-state index in [1.807, 2.05) is 28.0 Å². The average molecular weight is 378 g/mol. The van der Waals surface area contributed by atoms with Crippen LogP contribution in [-0.4, -0.2) is 57.3 Å². The Morgan fingerprint density at radius 2 is 1.96 bits per heavy atom. The van der Waals surface area contributed by atoms with Crippen molar-refractivity contribution in [1.82, 2.24) is 19.4 Å². The molecule has 0 radical (unpaired) electrons. The molecule has 2 amide bonds. The highest BCUT2D eigenvalue weighted by Gasteiger charge is 2.44. The quantitative estimate of drug-likeness (QED) is 0.803. The van der Waals surface area contributed by atoms with Crippen molar-refractivity contribution in [2.24, 2.45) is 5.41 Å². The molecular formula is C22H26N4O2. The topological polar surface area (TPSA) is 58.4 Å². The van der Waals surface area contributed by atoms with Gasteiger partial charge in [0.15, 0.2) is 0 Å². The minimum absolute atomic E-state index is 0.0312. The van der Waals surface area contributed by atoms with Crippen molar-refractivity contribution in [2.75, 3.05) is 26.2 Å². The summed E-state index contributed by atoms with van der Waals surface area (Å²) in [7, 11) is 0. The van der Waals surface area contributed by atoms with E-state index in [1.54, 1.807) is 23.3 Å². The van der Waals surface area contributed by atoms with E-state index in [2.05, 4.69) is 29.3 Å². The molecule has 0 atom stereocenters. The fourth-order valence-electron chi connectivity index (χ4n) is 4.23. The van der Waals surface area contributed by atoms with Crippen molar-refractivity contribution in [3.63, 3.8) is 0 Å². The van der Waals surface area contributed by atoms with Crippen molar-refractivity contribution in [3.05, 3.63) is 60.7 Å². The summed E-state index contributed by atoms with van der Waals surface area (Å²) < 4.78 is 1.80. The van der Waals surface area contributed by atoms with Crippen LogP contribution >= 0.6 is 0 Å². The summed E-state index contributed by atoms with van der Waals surface area (Å²) >= 11 is 0. The number of carbonyl (C=O) groups is 2. The van der Waals surface area contributed by atoms with Crippen LogP contribution in [0.15, 0.2) is 55.1 Å². The summed E-state index contributed by atoms with van der Waals surface area (Å²) in [5.74, 6) is 0.357. The van der Waals surface area contributed by atoms with Crippen molar-refractivity contribution in [2.45, 2.75) is 25.8 Å². The first-order valence-corrected chi connectivity index (χ1v) is 9.86. The fraction of sp³-hybridized carbons (Fsp3) is 0.409. The van der Waals surface area contributed by atoms with Crippen LogP contribution in [0.1, 0.15) is 24.8 Å². The van der Waals surface area contributed by atoms with Gasteiger partial charge in [0.2, 0.25) is 11.8 Å². The number of piperidine rings is 1. The van der Waals surface area contributed by atoms with Crippen molar-refractivity contribution < 1.29 is 9.59 Å². The molecule has 3 heterocycles. The van der Waals surface area contributed by atoms with Crippen LogP contribution in [0, 0.1) is 5.41 Å². The smallest absolute Gasteiger partial charge is 0.242 e. The van der Waals surface area contributed by atoms with E-state index in [4.69, 9.17) is 0 Å². The molecule has 6 nitrogen and oxygen atoms in total. The first-order chi connectivity index (χ1) is 13.6. The van der Waals surface area contributed by atoms with Gasteiger partial charge in [-0.05, 0) is 18.4 Å². The number of carbonyl (C=O) groups excluding carboxylic acids is 2. The van der Waals surface area contributed by atoms with Crippen molar-refractivity contribution in [1.29, 1.82) is 0 Å². The Bertz CT molecular complexity index is 837. The van der Waals surface area contributed by atoms with Crippen molar-refractivity contribution >= 4 is 17.9 Å². The lowest BCUT2D eigenvalue weighted by atomic mass is 9.77. The van der Waals surface area contributed by atoms with Gasteiger partial charge in [0.05, 0.1) is 6.33 Å². The molecule has 0 bridgehead atoms. The fourth-order valence-corrected chi connectivity index (χ4v) is 4.23. The summed E-state index contributed by atoms with van der Waals surface area (Å²) in [5.41, 5.74) is 1.18. The average Bonchev–Trinajstić information content (AvgIpc) is 3.31. The standard InChI is InChI=1S/C22H26N4O2/c27-20-15-22(17-26(20)11-4-7-19-5-2-1-3-6-19)8-12-25(13-9-22)21(28)16-24-14-10-23-18-24/h1-7,10,14,18H,8-9,11-13,15-17H2/b7-4+. The predicted molar refractivity (Wildman–Crippen MR) is 107 cm³/mol. The summed E-state index contributed by atoms with van der Waals surface area (Å²) in [6.07, 6.45) is 11.7. The molecule has 6 heteroatoms. The molecule has 0 N–H and O–H groups in total. The van der Waals surface area contributed by atoms with Crippen LogP contribution in [0.5, 0.6) is 0 Å². The van der Waals surface area contributed by atoms with E-state index >= 15 is 0 Å². The largest absolute Gasteiger partial charge is 0.341 e. The third-order valence-electron chi connectivity index (χ3n) is 5.89. The van der Waals surface area contributed by atoms with Crippen molar-refractivity contribution in [3.8, 4) is 0 Å². The van der Waals surface area contributed by atoms with E-state index < -0.39 is 0 Å². The molecule has 0 aliphatic carbocycles. The number of rotatable bonds is 5. The number of hydrogen-bond acceptors (Lipinski definition) is 3. The van der Waals surface area contributed by atoms with Crippen LogP contribution in [0.25, 0.3) is 6.08 Å². The molecule has 1 spiro atoms. The first kappa shape index (κ1) is 18.5. The second-order valence-electron chi connectivity index (χ2n) is 7.88. The molecule has 0 saturated carbocycles. The molecule has 2 aromatic rings. The monoisotopic (exact) mass is 378 g/mol. The van der Waals surface area contributed by atoms with Gasteiger partial charge < -0.3 is 14.4 Å². The third kappa shape index (κ3) is 4.16. The van der Waals surface area contributed by atoms with E-state index in [0.29, 0.717) is 19.5 Å². The number of likely N-dealkylation sites (tertiary alicyclic amines) is 2. The van der Waals surface area contributed by atoms with Crippen LogP contribution < -0.4 is 0 Å². The number of imidazole rings is 1. The second-order valence-corrected chi connectivity index (χ2v) is 7.88. The van der Waals surface area contributed by atoms with Gasteiger partial charge in [-0.3, -0.25) is 9.59 Å². The molecule has 146 valence electrons. The lowest BCUT2D eigenvalue weighted by Gasteiger charge is -2.38. The Morgan fingerprint density at radius 1 is 1.18 bits per heavy atom. The predicted octanol–water partition coefficient (Wildman–Crippen LogP) is 2.44. The van der Waals surface area contributed by atoms with E-state index in [0.717, 1.165) is 38.0 Å². The number of benzene rings is 1. The van der Waals surface area contributed by atoms with Crippen LogP contribution in [0.3, 0.4) is 0 Å². The zero-order chi connectivity index (χ0) is 19.4. The zero-order valence-corrected chi connectivity index (χ0v) is 16.0. The number of hydrogen-bond donors (Lipinski definition) is 0. The Labute approximate surface area is 165 Å². The minimum Gasteiger partial charge on any atom is -0.341 e. The van der Waals surface area contributed by atoms with Gasteiger partial charge in [-0.15, -0.1) is 0 Å². The summed E-state index contributed by atoms with van der Waals surface area (Å²) in [4.78, 5) is 32.9. The normalized spacial score (nSPS) is 19.1. The number of aromatic nitrogens is 2. The molecule has 1 aromatic heterocycles. The molecule has 2 aliphatic heterocycles. The minimum atomic E-state index is 0.0312. The van der Waals surface area contributed by atoms with E-state index in [-0.39, 0.29) is 17.2 Å². The van der Waals surface area contributed by atoms with Gasteiger partial charge >= 0.3 is 0 Å². The Kier molecular flexibility index (Phi) is 5.28. The highest BCUT2D eigenvalue weighted by Crippen LogP contribution is 2.41.